The highest BCUT2D eigenvalue weighted by Gasteiger charge is 2.41. The van der Waals surface area contributed by atoms with Gasteiger partial charge in [0.05, 0.1) is 11.3 Å². The van der Waals surface area contributed by atoms with Crippen LogP contribution < -0.4 is 0 Å². The van der Waals surface area contributed by atoms with E-state index in [-0.39, 0.29) is 5.41 Å². The van der Waals surface area contributed by atoms with Gasteiger partial charge in [-0.05, 0) is 71.0 Å². The number of hydrogen-bond donors (Lipinski definition) is 1. The predicted molar refractivity (Wildman–Crippen MR) is 175 cm³/mol. The van der Waals surface area contributed by atoms with Gasteiger partial charge in [0.25, 0.3) is 0 Å². The van der Waals surface area contributed by atoms with E-state index < -0.39 is 5.60 Å². The van der Waals surface area contributed by atoms with E-state index in [4.69, 9.17) is 0 Å². The molecule has 3 aliphatic rings. The molecule has 0 bridgehead atoms. The molecule has 9 rings (SSSR count). The molecule has 6 aromatic rings. The zero-order chi connectivity index (χ0) is 29.5. The summed E-state index contributed by atoms with van der Waals surface area (Å²) in [6.07, 6.45) is 6.49. The van der Waals surface area contributed by atoms with E-state index in [1.807, 2.05) is 32.0 Å². The number of aliphatic hydroxyl groups is 1. The molecule has 3 nitrogen and oxygen atoms in total. The van der Waals surface area contributed by atoms with Crippen molar-refractivity contribution < 1.29 is 5.11 Å². The maximum atomic E-state index is 10.7. The second-order valence-corrected chi connectivity index (χ2v) is 13.2. The minimum absolute atomic E-state index is 0.0895. The number of nitrogens with zero attached hydrogens (tertiary/aromatic N) is 2. The molecular weight excluding hydrogens is 524 g/mol. The highest BCUT2D eigenvalue weighted by Crippen LogP contribution is 2.51. The smallest absolute Gasteiger partial charge is 0.0996 e. The lowest BCUT2D eigenvalue weighted by Crippen LogP contribution is -2.21. The molecule has 0 unspecified atom stereocenters. The fourth-order valence-corrected chi connectivity index (χ4v) is 7.83. The second kappa shape index (κ2) is 9.20. The van der Waals surface area contributed by atoms with Crippen LogP contribution in [0.25, 0.3) is 33.6 Å². The number of para-hydroxylation sites is 2. The van der Waals surface area contributed by atoms with E-state index in [1.54, 1.807) is 0 Å². The average Bonchev–Trinajstić information content (AvgIpc) is 3.77. The lowest BCUT2D eigenvalue weighted by Gasteiger charge is -2.22. The van der Waals surface area contributed by atoms with E-state index in [0.717, 1.165) is 24.2 Å². The van der Waals surface area contributed by atoms with Gasteiger partial charge in [-0.3, -0.25) is 0 Å². The van der Waals surface area contributed by atoms with Crippen LogP contribution in [0.5, 0.6) is 0 Å². The van der Waals surface area contributed by atoms with Crippen LogP contribution in [0.4, 0.5) is 0 Å². The monoisotopic (exact) mass is 560 g/mol. The standard InChI is InChI=1S/C20H19NO.C20H17N/c1-20(2,22)19-17-12-14-8-6-7-11-16(14)18(17)13-21(19)15-9-4-3-5-10-15;1-20(2)17-9-5-6-10-18(17)21-12-16-14-8-4-3-7-13(14)11-15(16)19(20)21/h3-11,13,22H,12H2,1-2H3;3-10,12H,11H2,1-2H3. The Morgan fingerprint density at radius 2 is 1.14 bits per heavy atom. The lowest BCUT2D eigenvalue weighted by atomic mass is 9.81. The zero-order valence-corrected chi connectivity index (χ0v) is 25.2. The third kappa shape index (κ3) is 3.85. The predicted octanol–water partition coefficient (Wildman–Crippen LogP) is 8.96. The Labute approximate surface area is 253 Å². The van der Waals surface area contributed by atoms with Crippen molar-refractivity contribution in [3.63, 3.8) is 0 Å². The van der Waals surface area contributed by atoms with Crippen LogP contribution in [-0.2, 0) is 23.9 Å². The molecule has 2 aliphatic carbocycles. The Morgan fingerprint density at radius 3 is 1.81 bits per heavy atom. The molecule has 1 aliphatic heterocycles. The molecular formula is C40H36N2O. The van der Waals surface area contributed by atoms with Crippen molar-refractivity contribution in [2.45, 2.75) is 51.6 Å². The second-order valence-electron chi connectivity index (χ2n) is 13.2. The molecule has 0 saturated carbocycles. The number of benzene rings is 4. The van der Waals surface area contributed by atoms with E-state index in [9.17, 15) is 5.11 Å². The topological polar surface area (TPSA) is 30.1 Å². The van der Waals surface area contributed by atoms with Gasteiger partial charge in [-0.15, -0.1) is 0 Å². The zero-order valence-electron chi connectivity index (χ0n) is 25.2. The summed E-state index contributed by atoms with van der Waals surface area (Å²) in [5.74, 6) is 0. The Morgan fingerprint density at radius 1 is 0.605 bits per heavy atom. The number of rotatable bonds is 2. The number of aromatic nitrogens is 2. The fraction of sp³-hybridized carbons (Fsp3) is 0.200. The largest absolute Gasteiger partial charge is 0.384 e. The quantitative estimate of drug-likeness (QED) is 0.225. The maximum Gasteiger partial charge on any atom is 0.0996 e. The molecule has 0 fully saturated rings. The van der Waals surface area contributed by atoms with E-state index >= 15 is 0 Å². The van der Waals surface area contributed by atoms with Gasteiger partial charge in [0.15, 0.2) is 0 Å². The average molecular weight is 561 g/mol. The third-order valence-electron chi connectivity index (χ3n) is 9.61. The van der Waals surface area contributed by atoms with Crippen molar-refractivity contribution in [2.24, 2.45) is 0 Å². The van der Waals surface area contributed by atoms with Gasteiger partial charge in [-0.25, -0.2) is 0 Å². The minimum Gasteiger partial charge on any atom is -0.384 e. The highest BCUT2D eigenvalue weighted by atomic mass is 16.3. The molecule has 2 aromatic heterocycles. The van der Waals surface area contributed by atoms with Crippen LogP contribution in [0.3, 0.4) is 0 Å². The third-order valence-corrected chi connectivity index (χ3v) is 9.61. The summed E-state index contributed by atoms with van der Waals surface area (Å²) < 4.78 is 4.57. The summed E-state index contributed by atoms with van der Waals surface area (Å²) in [5.41, 5.74) is 16.5. The van der Waals surface area contributed by atoms with Crippen LogP contribution >= 0.6 is 0 Å². The highest BCUT2D eigenvalue weighted by molar-refractivity contribution is 5.81. The van der Waals surface area contributed by atoms with Gasteiger partial charge in [-0.2, -0.15) is 0 Å². The summed E-state index contributed by atoms with van der Waals surface area (Å²) in [7, 11) is 0. The molecule has 212 valence electrons. The fourth-order valence-electron chi connectivity index (χ4n) is 7.83. The van der Waals surface area contributed by atoms with Gasteiger partial charge in [-0.1, -0.05) is 98.8 Å². The Balaban J connectivity index is 0.000000129. The first kappa shape index (κ1) is 26.1. The number of fused-ring (bicyclic) bond motifs is 10. The van der Waals surface area contributed by atoms with Gasteiger partial charge in [0.2, 0.25) is 0 Å². The van der Waals surface area contributed by atoms with E-state index in [1.165, 1.54) is 61.5 Å². The maximum absolute atomic E-state index is 10.7. The van der Waals surface area contributed by atoms with Gasteiger partial charge >= 0.3 is 0 Å². The molecule has 1 N–H and O–H groups in total. The summed E-state index contributed by atoms with van der Waals surface area (Å²) in [5, 5.41) is 10.7. The molecule has 0 radical (unpaired) electrons. The van der Waals surface area contributed by atoms with Crippen LogP contribution in [0.2, 0.25) is 0 Å². The Kier molecular flexibility index (Phi) is 5.57. The molecule has 0 atom stereocenters. The van der Waals surface area contributed by atoms with Crippen LogP contribution in [-0.4, -0.2) is 14.2 Å². The minimum atomic E-state index is -0.883. The first-order chi connectivity index (χ1) is 20.7. The Bertz CT molecular complexity index is 2030. The van der Waals surface area contributed by atoms with Crippen LogP contribution in [0, 0.1) is 0 Å². The van der Waals surface area contributed by atoms with Crippen LogP contribution in [0.1, 0.15) is 66.9 Å². The molecule has 0 spiro atoms. The van der Waals surface area contributed by atoms with Crippen molar-refractivity contribution in [2.75, 3.05) is 0 Å². The first-order valence-corrected chi connectivity index (χ1v) is 15.3. The molecule has 4 aromatic carbocycles. The van der Waals surface area contributed by atoms with E-state index in [0.29, 0.717) is 0 Å². The molecule has 43 heavy (non-hydrogen) atoms. The number of hydrogen-bond acceptors (Lipinski definition) is 1. The molecule has 0 saturated heterocycles. The SMILES string of the molecule is CC(C)(O)c1c2c(cn1-c1ccccc1)-c1ccccc1C2.CC1(C)c2ccccc2-n2cc3c(c21)Cc1ccccc1-3. The van der Waals surface area contributed by atoms with Gasteiger partial charge < -0.3 is 14.2 Å². The lowest BCUT2D eigenvalue weighted by molar-refractivity contribution is 0.0713. The van der Waals surface area contributed by atoms with Crippen molar-refractivity contribution >= 4 is 0 Å². The van der Waals surface area contributed by atoms with E-state index in [2.05, 4.69) is 120 Å². The molecule has 3 heteroatoms. The normalized spacial score (nSPS) is 14.6. The summed E-state index contributed by atoms with van der Waals surface area (Å²) in [6.45, 7) is 8.44. The van der Waals surface area contributed by atoms with Gasteiger partial charge in [0.1, 0.15) is 0 Å². The van der Waals surface area contributed by atoms with Crippen molar-refractivity contribution in [3.05, 3.63) is 155 Å². The molecule has 3 heterocycles. The summed E-state index contributed by atoms with van der Waals surface area (Å²) >= 11 is 0. The van der Waals surface area contributed by atoms with Crippen LogP contribution in [0.15, 0.2) is 116 Å². The summed E-state index contributed by atoms with van der Waals surface area (Å²) in [4.78, 5) is 0. The van der Waals surface area contributed by atoms with Crippen molar-refractivity contribution in [3.8, 4) is 33.6 Å². The Hall–Kier alpha value is -4.60. The first-order valence-electron chi connectivity index (χ1n) is 15.3. The van der Waals surface area contributed by atoms with Gasteiger partial charge in [0, 0.05) is 58.8 Å². The van der Waals surface area contributed by atoms with Crippen molar-refractivity contribution in [1.82, 2.24) is 9.13 Å². The summed E-state index contributed by atoms with van der Waals surface area (Å²) in [6, 6.07) is 36.4. The van der Waals surface area contributed by atoms with Crippen molar-refractivity contribution in [1.29, 1.82) is 0 Å². The molecule has 0 amide bonds.